The summed E-state index contributed by atoms with van der Waals surface area (Å²) in [5, 5.41) is 1.48. The lowest BCUT2D eigenvalue weighted by molar-refractivity contribution is -0.100. The molecule has 26 heavy (non-hydrogen) atoms. The first-order valence-electron chi connectivity index (χ1n) is 8.80. The number of ether oxygens (including phenoxy) is 2. The van der Waals surface area contributed by atoms with Gasteiger partial charge in [-0.2, -0.15) is 35.3 Å². The average molecular weight is 407 g/mol. The SMILES string of the molecule is COC(OC)C1SCC(SCc2ccccc2)C1SCc1ccccc1. The lowest BCUT2D eigenvalue weighted by Crippen LogP contribution is -2.36. The molecule has 0 radical (unpaired) electrons. The van der Waals surface area contributed by atoms with Crippen molar-refractivity contribution >= 4 is 35.3 Å². The Morgan fingerprint density at radius 2 is 1.42 bits per heavy atom. The van der Waals surface area contributed by atoms with Gasteiger partial charge in [-0.1, -0.05) is 60.7 Å². The van der Waals surface area contributed by atoms with Crippen LogP contribution in [0.2, 0.25) is 0 Å². The summed E-state index contributed by atoms with van der Waals surface area (Å²) in [7, 11) is 3.50. The van der Waals surface area contributed by atoms with Crippen LogP contribution in [0.3, 0.4) is 0 Å². The van der Waals surface area contributed by atoms with Gasteiger partial charge in [0.25, 0.3) is 0 Å². The highest BCUT2D eigenvalue weighted by Crippen LogP contribution is 2.45. The summed E-state index contributed by atoms with van der Waals surface area (Å²) in [6.45, 7) is 0. The van der Waals surface area contributed by atoms with Gasteiger partial charge in [0.15, 0.2) is 6.29 Å². The zero-order chi connectivity index (χ0) is 18.2. The van der Waals surface area contributed by atoms with E-state index in [1.54, 1.807) is 14.2 Å². The molecule has 1 fully saturated rings. The minimum absolute atomic E-state index is 0.143. The van der Waals surface area contributed by atoms with Gasteiger partial charge in [0.2, 0.25) is 0 Å². The maximum absolute atomic E-state index is 5.61. The van der Waals surface area contributed by atoms with E-state index in [4.69, 9.17) is 9.47 Å². The molecule has 2 nitrogen and oxygen atoms in total. The third kappa shape index (κ3) is 5.46. The van der Waals surface area contributed by atoms with Gasteiger partial charge in [-0.15, -0.1) is 0 Å². The number of thioether (sulfide) groups is 3. The fourth-order valence-electron chi connectivity index (χ4n) is 3.09. The second-order valence-electron chi connectivity index (χ2n) is 6.23. The molecule has 0 N–H and O–H groups in total. The van der Waals surface area contributed by atoms with Crippen molar-refractivity contribution in [3.8, 4) is 0 Å². The molecule has 2 aromatic carbocycles. The fourth-order valence-corrected chi connectivity index (χ4v) is 8.42. The standard InChI is InChI=1S/C21H26O2S3/c1-22-21(23-2)20-19(25-14-17-11-7-4-8-12-17)18(15-26-20)24-13-16-9-5-3-6-10-16/h3-12,18-21H,13-15H2,1-2H3. The monoisotopic (exact) mass is 406 g/mol. The van der Waals surface area contributed by atoms with Crippen LogP contribution in [-0.2, 0) is 21.0 Å². The molecule has 0 saturated carbocycles. The van der Waals surface area contributed by atoms with Crippen molar-refractivity contribution in [2.45, 2.75) is 33.5 Å². The fraction of sp³-hybridized carbons (Fsp3) is 0.429. The normalized spacial score (nSPS) is 22.8. The molecule has 3 atom stereocenters. The highest BCUT2D eigenvalue weighted by Gasteiger charge is 2.42. The molecule has 1 aliphatic rings. The van der Waals surface area contributed by atoms with Crippen LogP contribution in [0.15, 0.2) is 60.7 Å². The summed E-state index contributed by atoms with van der Waals surface area (Å²) in [5.74, 6) is 3.24. The summed E-state index contributed by atoms with van der Waals surface area (Å²) in [5.41, 5.74) is 2.78. The van der Waals surface area contributed by atoms with Crippen LogP contribution in [0.1, 0.15) is 11.1 Å². The lowest BCUT2D eigenvalue weighted by atomic mass is 10.2. The molecule has 0 aliphatic carbocycles. The van der Waals surface area contributed by atoms with Crippen molar-refractivity contribution < 1.29 is 9.47 Å². The Balaban J connectivity index is 1.65. The van der Waals surface area contributed by atoms with E-state index in [1.807, 2.05) is 23.5 Å². The second-order valence-corrected chi connectivity index (χ2v) is 9.84. The molecule has 0 bridgehead atoms. The maximum atomic E-state index is 5.61. The van der Waals surface area contributed by atoms with Crippen molar-refractivity contribution in [2.24, 2.45) is 0 Å². The zero-order valence-electron chi connectivity index (χ0n) is 15.2. The molecule has 2 aromatic rings. The van der Waals surface area contributed by atoms with Gasteiger partial charge in [-0.05, 0) is 11.1 Å². The molecular weight excluding hydrogens is 380 g/mol. The molecule has 1 saturated heterocycles. The number of benzene rings is 2. The highest BCUT2D eigenvalue weighted by molar-refractivity contribution is 8.08. The van der Waals surface area contributed by atoms with E-state index >= 15 is 0 Å². The minimum Gasteiger partial charge on any atom is -0.355 e. The predicted molar refractivity (Wildman–Crippen MR) is 117 cm³/mol. The van der Waals surface area contributed by atoms with Crippen molar-refractivity contribution in [1.29, 1.82) is 0 Å². The number of hydrogen-bond donors (Lipinski definition) is 0. The molecular formula is C21H26O2S3. The smallest absolute Gasteiger partial charge is 0.169 e. The first-order chi connectivity index (χ1) is 12.8. The Labute approximate surface area is 169 Å². The zero-order valence-corrected chi connectivity index (χ0v) is 17.7. The molecule has 0 aromatic heterocycles. The summed E-state index contributed by atoms with van der Waals surface area (Å²) in [4.78, 5) is 0. The Morgan fingerprint density at radius 3 is 1.96 bits per heavy atom. The molecule has 0 spiro atoms. The van der Waals surface area contributed by atoms with E-state index in [0.29, 0.717) is 15.7 Å². The summed E-state index contributed by atoms with van der Waals surface area (Å²) < 4.78 is 11.2. The predicted octanol–water partition coefficient (Wildman–Crippen LogP) is 5.32. The molecule has 1 aliphatic heterocycles. The van der Waals surface area contributed by atoms with Crippen LogP contribution in [0.4, 0.5) is 0 Å². The van der Waals surface area contributed by atoms with Crippen molar-refractivity contribution in [3.05, 3.63) is 71.8 Å². The van der Waals surface area contributed by atoms with E-state index in [9.17, 15) is 0 Å². The molecule has 5 heteroatoms. The summed E-state index contributed by atoms with van der Waals surface area (Å²) >= 11 is 6.11. The van der Waals surface area contributed by atoms with Crippen molar-refractivity contribution in [1.82, 2.24) is 0 Å². The van der Waals surface area contributed by atoms with E-state index in [2.05, 4.69) is 72.4 Å². The topological polar surface area (TPSA) is 18.5 Å². The lowest BCUT2D eigenvalue weighted by Gasteiger charge is -2.28. The van der Waals surface area contributed by atoms with Gasteiger partial charge >= 0.3 is 0 Å². The highest BCUT2D eigenvalue weighted by atomic mass is 32.2. The Morgan fingerprint density at radius 1 is 0.885 bits per heavy atom. The van der Waals surface area contributed by atoms with Crippen molar-refractivity contribution in [3.63, 3.8) is 0 Å². The van der Waals surface area contributed by atoms with E-state index < -0.39 is 0 Å². The first-order valence-corrected chi connectivity index (χ1v) is 11.9. The van der Waals surface area contributed by atoms with Gasteiger partial charge < -0.3 is 9.47 Å². The van der Waals surface area contributed by atoms with Crippen LogP contribution in [0.5, 0.6) is 0 Å². The summed E-state index contributed by atoms with van der Waals surface area (Å²) in [6, 6.07) is 21.5. The number of methoxy groups -OCH3 is 2. The Hall–Kier alpha value is -0.590. The van der Waals surface area contributed by atoms with Gasteiger partial charge in [-0.25, -0.2) is 0 Å². The molecule has 3 unspecified atom stereocenters. The molecule has 140 valence electrons. The second kappa shape index (κ2) is 10.7. The van der Waals surface area contributed by atoms with Crippen LogP contribution in [-0.4, -0.2) is 42.0 Å². The average Bonchev–Trinajstić information content (AvgIpc) is 3.10. The van der Waals surface area contributed by atoms with Gasteiger partial charge in [0.05, 0.1) is 5.25 Å². The molecule has 1 heterocycles. The van der Waals surface area contributed by atoms with Gasteiger partial charge in [0.1, 0.15) is 0 Å². The van der Waals surface area contributed by atoms with E-state index in [-0.39, 0.29) is 6.29 Å². The van der Waals surface area contributed by atoms with Crippen molar-refractivity contribution in [2.75, 3.05) is 20.0 Å². The van der Waals surface area contributed by atoms with E-state index in [1.165, 1.54) is 11.1 Å². The molecule has 0 amide bonds. The largest absolute Gasteiger partial charge is 0.355 e. The van der Waals surface area contributed by atoms with Crippen LogP contribution >= 0.6 is 35.3 Å². The Bertz CT molecular complexity index is 634. The van der Waals surface area contributed by atoms with Crippen LogP contribution < -0.4 is 0 Å². The van der Waals surface area contributed by atoms with Crippen LogP contribution in [0.25, 0.3) is 0 Å². The van der Waals surface area contributed by atoms with E-state index in [0.717, 1.165) is 17.3 Å². The van der Waals surface area contributed by atoms with Crippen LogP contribution in [0, 0.1) is 0 Å². The third-order valence-electron chi connectivity index (χ3n) is 4.47. The quantitative estimate of drug-likeness (QED) is 0.523. The summed E-state index contributed by atoms with van der Waals surface area (Å²) in [6.07, 6.45) is -0.143. The minimum atomic E-state index is -0.143. The van der Waals surface area contributed by atoms with Gasteiger partial charge in [0, 0.05) is 42.0 Å². The molecule has 3 rings (SSSR count). The number of rotatable bonds is 9. The number of hydrogen-bond acceptors (Lipinski definition) is 5. The Kier molecular flexibility index (Phi) is 8.27. The maximum Gasteiger partial charge on any atom is 0.169 e. The first kappa shape index (κ1) is 20.2. The third-order valence-corrected chi connectivity index (χ3v) is 9.37. The van der Waals surface area contributed by atoms with Gasteiger partial charge in [-0.3, -0.25) is 0 Å².